The van der Waals surface area contributed by atoms with Crippen LogP contribution in [0.15, 0.2) is 22.8 Å². The van der Waals surface area contributed by atoms with Gasteiger partial charge in [-0.2, -0.15) is 0 Å². The lowest BCUT2D eigenvalue weighted by molar-refractivity contribution is 0.0824. The number of carbonyl (C=O) groups excluding carboxylic acids is 1. The van der Waals surface area contributed by atoms with Crippen molar-refractivity contribution in [3.05, 3.63) is 28.5 Å². The zero-order valence-electron chi connectivity index (χ0n) is 8.31. The van der Waals surface area contributed by atoms with E-state index in [1.54, 1.807) is 18.6 Å². The van der Waals surface area contributed by atoms with Crippen molar-refractivity contribution in [2.75, 3.05) is 14.1 Å². The molecular formula is C9H9BrN4O. The second kappa shape index (κ2) is 3.62. The fourth-order valence-corrected chi connectivity index (χ4v) is 1.66. The first-order valence-electron chi connectivity index (χ1n) is 4.33. The fourth-order valence-electron chi connectivity index (χ4n) is 1.25. The van der Waals surface area contributed by atoms with Crippen LogP contribution in [0.5, 0.6) is 0 Å². The van der Waals surface area contributed by atoms with E-state index in [1.165, 1.54) is 4.90 Å². The van der Waals surface area contributed by atoms with Gasteiger partial charge in [0.15, 0.2) is 5.69 Å². The monoisotopic (exact) mass is 268 g/mol. The van der Waals surface area contributed by atoms with Gasteiger partial charge in [0, 0.05) is 14.1 Å². The SMILES string of the molecule is CN(C)C(=O)c1nnn2c(Br)cccc12. The van der Waals surface area contributed by atoms with Gasteiger partial charge in [-0.25, -0.2) is 4.52 Å². The second-order valence-electron chi connectivity index (χ2n) is 3.28. The molecule has 0 atom stereocenters. The van der Waals surface area contributed by atoms with E-state index in [-0.39, 0.29) is 5.91 Å². The van der Waals surface area contributed by atoms with Crippen LogP contribution < -0.4 is 0 Å². The van der Waals surface area contributed by atoms with E-state index in [0.29, 0.717) is 11.2 Å². The predicted octanol–water partition coefficient (Wildman–Crippen LogP) is 1.19. The summed E-state index contributed by atoms with van der Waals surface area (Å²) < 4.78 is 2.35. The van der Waals surface area contributed by atoms with Gasteiger partial charge in [0.05, 0.1) is 0 Å². The van der Waals surface area contributed by atoms with Crippen molar-refractivity contribution in [1.82, 2.24) is 19.7 Å². The van der Waals surface area contributed by atoms with Crippen LogP contribution in [0.4, 0.5) is 0 Å². The number of aromatic nitrogens is 3. The number of pyridine rings is 1. The molecular weight excluding hydrogens is 260 g/mol. The molecule has 2 aromatic rings. The van der Waals surface area contributed by atoms with E-state index >= 15 is 0 Å². The highest BCUT2D eigenvalue weighted by molar-refractivity contribution is 9.10. The average molecular weight is 269 g/mol. The van der Waals surface area contributed by atoms with Gasteiger partial charge >= 0.3 is 0 Å². The summed E-state index contributed by atoms with van der Waals surface area (Å²) in [7, 11) is 3.37. The molecule has 0 aliphatic carbocycles. The number of amides is 1. The summed E-state index contributed by atoms with van der Waals surface area (Å²) >= 11 is 3.33. The van der Waals surface area contributed by atoms with Crippen molar-refractivity contribution in [3.8, 4) is 0 Å². The van der Waals surface area contributed by atoms with Crippen molar-refractivity contribution < 1.29 is 4.79 Å². The van der Waals surface area contributed by atoms with Gasteiger partial charge in [0.2, 0.25) is 0 Å². The summed E-state index contributed by atoms with van der Waals surface area (Å²) in [4.78, 5) is 13.2. The van der Waals surface area contributed by atoms with Gasteiger partial charge in [-0.3, -0.25) is 4.79 Å². The minimum atomic E-state index is -0.150. The van der Waals surface area contributed by atoms with Crippen LogP contribution in [0.25, 0.3) is 5.52 Å². The van der Waals surface area contributed by atoms with Crippen LogP contribution in [0.1, 0.15) is 10.5 Å². The fraction of sp³-hybridized carbons (Fsp3) is 0.222. The molecule has 0 aliphatic heterocycles. The van der Waals surface area contributed by atoms with Crippen LogP contribution in [-0.2, 0) is 0 Å². The van der Waals surface area contributed by atoms with Crippen molar-refractivity contribution in [3.63, 3.8) is 0 Å². The molecule has 78 valence electrons. The summed E-state index contributed by atoms with van der Waals surface area (Å²) in [6.07, 6.45) is 0. The predicted molar refractivity (Wildman–Crippen MR) is 58.7 cm³/mol. The van der Waals surface area contributed by atoms with Crippen LogP contribution in [0, 0.1) is 0 Å². The standard InChI is InChI=1S/C9H9BrN4O/c1-13(2)9(15)8-6-4-3-5-7(10)14(6)12-11-8/h3-5H,1-2H3. The number of hydrogen-bond donors (Lipinski definition) is 0. The van der Waals surface area contributed by atoms with Crippen LogP contribution in [-0.4, -0.2) is 39.7 Å². The highest BCUT2D eigenvalue weighted by Crippen LogP contribution is 2.15. The van der Waals surface area contributed by atoms with E-state index in [1.807, 2.05) is 18.2 Å². The van der Waals surface area contributed by atoms with E-state index in [0.717, 1.165) is 4.60 Å². The van der Waals surface area contributed by atoms with Crippen LogP contribution >= 0.6 is 15.9 Å². The van der Waals surface area contributed by atoms with Crippen molar-refractivity contribution in [2.45, 2.75) is 0 Å². The molecule has 0 aromatic carbocycles. The third-order valence-corrected chi connectivity index (χ3v) is 2.60. The minimum absolute atomic E-state index is 0.150. The Morgan fingerprint density at radius 1 is 1.47 bits per heavy atom. The summed E-state index contributed by atoms with van der Waals surface area (Å²) in [6, 6.07) is 5.49. The number of carbonyl (C=O) groups is 1. The van der Waals surface area contributed by atoms with Gasteiger partial charge in [-0.15, -0.1) is 5.10 Å². The van der Waals surface area contributed by atoms with Gasteiger partial charge in [-0.05, 0) is 28.1 Å². The number of nitrogens with zero attached hydrogens (tertiary/aromatic N) is 4. The lowest BCUT2D eigenvalue weighted by atomic mass is 10.3. The number of rotatable bonds is 1. The smallest absolute Gasteiger partial charge is 0.276 e. The third-order valence-electron chi connectivity index (χ3n) is 2.00. The average Bonchev–Trinajstić information content (AvgIpc) is 2.61. The lowest BCUT2D eigenvalue weighted by Crippen LogP contribution is -2.22. The Hall–Kier alpha value is -1.43. The Labute approximate surface area is 94.8 Å². The quantitative estimate of drug-likeness (QED) is 0.731. The van der Waals surface area contributed by atoms with Gasteiger partial charge in [0.1, 0.15) is 10.1 Å². The molecule has 1 amide bonds. The molecule has 0 unspecified atom stereocenters. The maximum Gasteiger partial charge on any atom is 0.276 e. The Balaban J connectivity index is 2.64. The maximum absolute atomic E-state index is 11.7. The first-order chi connectivity index (χ1) is 7.11. The highest BCUT2D eigenvalue weighted by Gasteiger charge is 2.16. The molecule has 0 saturated heterocycles. The summed E-state index contributed by atoms with van der Waals surface area (Å²) in [6.45, 7) is 0. The van der Waals surface area contributed by atoms with Crippen LogP contribution in [0.3, 0.4) is 0 Å². The number of fused-ring (bicyclic) bond motifs is 1. The molecule has 2 rings (SSSR count). The molecule has 2 aromatic heterocycles. The van der Waals surface area contributed by atoms with Gasteiger partial charge in [-0.1, -0.05) is 11.3 Å². The van der Waals surface area contributed by atoms with E-state index in [4.69, 9.17) is 0 Å². The Kier molecular flexibility index (Phi) is 2.44. The Morgan fingerprint density at radius 3 is 2.87 bits per heavy atom. The zero-order chi connectivity index (χ0) is 11.0. The second-order valence-corrected chi connectivity index (χ2v) is 4.10. The zero-order valence-corrected chi connectivity index (χ0v) is 9.89. The molecule has 0 N–H and O–H groups in total. The first-order valence-corrected chi connectivity index (χ1v) is 5.12. The van der Waals surface area contributed by atoms with Crippen molar-refractivity contribution in [2.24, 2.45) is 0 Å². The molecule has 6 heteroatoms. The van der Waals surface area contributed by atoms with E-state index < -0.39 is 0 Å². The van der Waals surface area contributed by atoms with Crippen molar-refractivity contribution in [1.29, 1.82) is 0 Å². The summed E-state index contributed by atoms with van der Waals surface area (Å²) in [5.41, 5.74) is 1.06. The molecule has 0 radical (unpaired) electrons. The summed E-state index contributed by atoms with van der Waals surface area (Å²) in [5, 5.41) is 7.76. The molecule has 0 saturated carbocycles. The Morgan fingerprint density at radius 2 is 2.20 bits per heavy atom. The van der Waals surface area contributed by atoms with E-state index in [2.05, 4.69) is 26.2 Å². The van der Waals surface area contributed by atoms with Crippen LogP contribution in [0.2, 0.25) is 0 Å². The molecule has 15 heavy (non-hydrogen) atoms. The molecule has 0 spiro atoms. The molecule has 2 heterocycles. The molecule has 0 fully saturated rings. The van der Waals surface area contributed by atoms with Gasteiger partial charge < -0.3 is 4.90 Å². The molecule has 0 aliphatic rings. The lowest BCUT2D eigenvalue weighted by Gasteiger charge is -2.06. The molecule has 5 nitrogen and oxygen atoms in total. The minimum Gasteiger partial charge on any atom is -0.343 e. The maximum atomic E-state index is 11.7. The van der Waals surface area contributed by atoms with Crippen molar-refractivity contribution >= 4 is 27.4 Å². The third kappa shape index (κ3) is 1.61. The number of halogens is 1. The Bertz CT molecular complexity index is 520. The normalized spacial score (nSPS) is 10.6. The number of hydrogen-bond acceptors (Lipinski definition) is 3. The van der Waals surface area contributed by atoms with E-state index in [9.17, 15) is 4.79 Å². The first kappa shape index (κ1) is 10.1. The topological polar surface area (TPSA) is 50.5 Å². The molecule has 0 bridgehead atoms. The summed E-state index contributed by atoms with van der Waals surface area (Å²) in [5.74, 6) is -0.150. The largest absolute Gasteiger partial charge is 0.343 e. The highest BCUT2D eigenvalue weighted by atomic mass is 79.9. The van der Waals surface area contributed by atoms with Gasteiger partial charge in [0.25, 0.3) is 5.91 Å².